The Kier molecular flexibility index (Phi) is 31.1. The number of nitrogens with two attached hydrogens (primary N) is 1. The molecule has 0 radical (unpaired) electrons. The van der Waals surface area contributed by atoms with Gasteiger partial charge in [-0.05, 0) is 82.5 Å². The van der Waals surface area contributed by atoms with Gasteiger partial charge in [0, 0.05) is 37.6 Å². The number of nitrogens with one attached hydrogen (secondary N) is 5. The molecule has 0 bridgehead atoms. The highest BCUT2D eigenvalue weighted by Gasteiger charge is 2.16. The topological polar surface area (TPSA) is 255 Å². The number of ether oxygens (including phenoxy) is 9. The van der Waals surface area contributed by atoms with Crippen molar-refractivity contribution in [3.63, 3.8) is 0 Å². The molecular formula is C50H76N6O14. The van der Waals surface area contributed by atoms with Crippen LogP contribution in [0.5, 0.6) is 0 Å². The highest BCUT2D eigenvalue weighted by atomic mass is 16.6. The Morgan fingerprint density at radius 2 is 0.829 bits per heavy atom. The standard InChI is InChI=1S/C29H41N3O8.C21H35N3O6/c1-29(2,3)40-28(35)30-14-16-37-18-20-38-19-17-36-15-13-26(33)32-25-11-9-23(10-12-25)21-31-27(34)39-22-24-7-5-4-6-8-24;1-21(2,3)30-20(26)23-9-11-28-13-15-29-14-12-27-10-8-19(25)24-18-6-4-17(16-22)5-7-18/h4-12H,13-22H2,1-3H3,(H,30,35)(H,31,34)(H,32,33);4-7H,8-16,22H2,1-3H3,(H,23,26)(H,24,25). The van der Waals surface area contributed by atoms with Crippen molar-refractivity contribution in [2.45, 2.75) is 85.3 Å². The smallest absolute Gasteiger partial charge is 0.407 e. The molecule has 20 nitrogen and oxygen atoms in total. The van der Waals surface area contributed by atoms with E-state index < -0.39 is 29.5 Å². The fraction of sp³-hybridized carbons (Fsp3) is 0.540. The number of hydrogen-bond donors (Lipinski definition) is 6. The summed E-state index contributed by atoms with van der Waals surface area (Å²) in [6.45, 7) is 17.1. The molecule has 0 aromatic heterocycles. The Bertz CT molecular complexity index is 1890. The lowest BCUT2D eigenvalue weighted by atomic mass is 10.2. The van der Waals surface area contributed by atoms with Crippen molar-refractivity contribution in [3.05, 3.63) is 95.6 Å². The molecule has 20 heteroatoms. The van der Waals surface area contributed by atoms with E-state index in [0.717, 1.165) is 22.4 Å². The molecule has 0 unspecified atom stereocenters. The quantitative estimate of drug-likeness (QED) is 0.0316. The third-order valence-electron chi connectivity index (χ3n) is 8.62. The zero-order valence-electron chi connectivity index (χ0n) is 41.7. The van der Waals surface area contributed by atoms with Gasteiger partial charge in [-0.15, -0.1) is 0 Å². The van der Waals surface area contributed by atoms with Crippen molar-refractivity contribution < 1.29 is 66.6 Å². The Hall–Kier alpha value is -5.87. The minimum atomic E-state index is -0.529. The Balaban J connectivity index is 0.000000501. The van der Waals surface area contributed by atoms with E-state index in [-0.39, 0.29) is 37.9 Å². The summed E-state index contributed by atoms with van der Waals surface area (Å²) >= 11 is 0. The van der Waals surface area contributed by atoms with Gasteiger partial charge in [-0.2, -0.15) is 0 Å². The van der Waals surface area contributed by atoms with Gasteiger partial charge < -0.3 is 74.9 Å². The van der Waals surface area contributed by atoms with Gasteiger partial charge >= 0.3 is 18.3 Å². The zero-order valence-corrected chi connectivity index (χ0v) is 41.7. The molecule has 7 N–H and O–H groups in total. The molecule has 0 aliphatic rings. The summed E-state index contributed by atoms with van der Waals surface area (Å²) in [4.78, 5) is 58.7. The second-order valence-electron chi connectivity index (χ2n) is 17.1. The van der Waals surface area contributed by atoms with Crippen LogP contribution in [0.4, 0.5) is 25.8 Å². The maximum absolute atomic E-state index is 12.1. The predicted octanol–water partition coefficient (Wildman–Crippen LogP) is 6.06. The molecule has 3 aromatic rings. The van der Waals surface area contributed by atoms with E-state index in [2.05, 4.69) is 26.6 Å². The number of rotatable bonds is 31. The van der Waals surface area contributed by atoms with Crippen LogP contribution in [0.15, 0.2) is 78.9 Å². The highest BCUT2D eigenvalue weighted by Crippen LogP contribution is 2.12. The first-order chi connectivity index (χ1) is 33.5. The second kappa shape index (κ2) is 36.1. The van der Waals surface area contributed by atoms with Crippen LogP contribution in [0.25, 0.3) is 0 Å². The van der Waals surface area contributed by atoms with Gasteiger partial charge in [-0.25, -0.2) is 14.4 Å². The van der Waals surface area contributed by atoms with Gasteiger partial charge in [0.1, 0.15) is 17.8 Å². The number of carbonyl (C=O) groups is 5. The molecule has 3 aromatic carbocycles. The summed E-state index contributed by atoms with van der Waals surface area (Å²) in [6.07, 6.45) is -0.946. The van der Waals surface area contributed by atoms with E-state index in [9.17, 15) is 24.0 Å². The predicted molar refractivity (Wildman–Crippen MR) is 264 cm³/mol. The highest BCUT2D eigenvalue weighted by molar-refractivity contribution is 5.91. The average molecular weight is 985 g/mol. The van der Waals surface area contributed by atoms with Crippen LogP contribution >= 0.6 is 0 Å². The summed E-state index contributed by atoms with van der Waals surface area (Å²) in [5.41, 5.74) is 8.70. The van der Waals surface area contributed by atoms with Crippen LogP contribution < -0.4 is 32.3 Å². The first-order valence-electron chi connectivity index (χ1n) is 23.3. The molecular weight excluding hydrogens is 909 g/mol. The molecule has 390 valence electrons. The molecule has 0 fully saturated rings. The van der Waals surface area contributed by atoms with Crippen molar-refractivity contribution in [2.75, 3.05) is 103 Å². The number of hydrogen-bond acceptors (Lipinski definition) is 15. The van der Waals surface area contributed by atoms with Gasteiger partial charge in [0.05, 0.1) is 92.1 Å². The van der Waals surface area contributed by atoms with E-state index >= 15 is 0 Å². The van der Waals surface area contributed by atoms with Crippen LogP contribution in [-0.4, -0.2) is 134 Å². The lowest BCUT2D eigenvalue weighted by Gasteiger charge is -2.19. The SMILES string of the molecule is CC(C)(C)OC(=O)NCCOCCOCCOCCC(=O)Nc1ccc(CN)cc1.CC(C)(C)OC(=O)NCCOCCOCCOCCC(=O)Nc1ccc(CNC(=O)OCc2ccccc2)cc1. The lowest BCUT2D eigenvalue weighted by Crippen LogP contribution is -2.34. The Morgan fingerprint density at radius 3 is 1.23 bits per heavy atom. The van der Waals surface area contributed by atoms with Crippen molar-refractivity contribution in [2.24, 2.45) is 5.73 Å². The monoisotopic (exact) mass is 985 g/mol. The Labute approximate surface area is 412 Å². The van der Waals surface area contributed by atoms with E-state index in [1.54, 1.807) is 32.9 Å². The van der Waals surface area contributed by atoms with Crippen LogP contribution in [0.2, 0.25) is 0 Å². The van der Waals surface area contributed by atoms with E-state index in [4.69, 9.17) is 48.4 Å². The molecule has 0 saturated carbocycles. The van der Waals surface area contributed by atoms with Crippen LogP contribution in [-0.2, 0) is 71.9 Å². The van der Waals surface area contributed by atoms with Crippen LogP contribution in [0.1, 0.15) is 71.1 Å². The Morgan fingerprint density at radius 1 is 0.443 bits per heavy atom. The van der Waals surface area contributed by atoms with Crippen molar-refractivity contribution in [3.8, 4) is 0 Å². The molecule has 0 aliphatic carbocycles. The summed E-state index contributed by atoms with van der Waals surface area (Å²) in [6, 6.07) is 24.0. The second-order valence-corrected chi connectivity index (χ2v) is 17.1. The molecule has 3 rings (SSSR count). The third-order valence-corrected chi connectivity index (χ3v) is 8.62. The van der Waals surface area contributed by atoms with E-state index in [1.807, 2.05) is 87.5 Å². The normalized spacial score (nSPS) is 11.1. The molecule has 0 saturated heterocycles. The third kappa shape index (κ3) is 34.4. The number of carbonyl (C=O) groups excluding carboxylic acids is 5. The molecule has 0 spiro atoms. The molecule has 0 heterocycles. The summed E-state index contributed by atoms with van der Waals surface area (Å²) in [5.74, 6) is -0.269. The zero-order chi connectivity index (χ0) is 51.3. The number of alkyl carbamates (subject to hydrolysis) is 3. The lowest BCUT2D eigenvalue weighted by molar-refractivity contribution is -0.118. The van der Waals surface area contributed by atoms with Crippen LogP contribution in [0.3, 0.4) is 0 Å². The average Bonchev–Trinajstić information content (AvgIpc) is 3.31. The van der Waals surface area contributed by atoms with Crippen LogP contribution in [0, 0.1) is 0 Å². The first kappa shape index (κ1) is 60.3. The van der Waals surface area contributed by atoms with Crippen molar-refractivity contribution >= 4 is 41.5 Å². The van der Waals surface area contributed by atoms with E-state index in [1.165, 1.54) is 0 Å². The molecule has 0 atom stereocenters. The van der Waals surface area contributed by atoms with Gasteiger partial charge in [0.25, 0.3) is 0 Å². The summed E-state index contributed by atoms with van der Waals surface area (Å²) < 4.78 is 47.8. The minimum absolute atomic E-state index is 0.107. The number of amides is 5. The summed E-state index contributed by atoms with van der Waals surface area (Å²) in [7, 11) is 0. The minimum Gasteiger partial charge on any atom is -0.445 e. The van der Waals surface area contributed by atoms with Crippen molar-refractivity contribution in [1.29, 1.82) is 0 Å². The number of benzene rings is 3. The largest absolute Gasteiger partial charge is 0.445 e. The maximum Gasteiger partial charge on any atom is 0.407 e. The fourth-order valence-electron chi connectivity index (χ4n) is 5.32. The first-order valence-corrected chi connectivity index (χ1v) is 23.3. The number of anilines is 2. The van der Waals surface area contributed by atoms with Gasteiger partial charge in [0.2, 0.25) is 11.8 Å². The molecule has 70 heavy (non-hydrogen) atoms. The molecule has 0 aliphatic heterocycles. The molecule has 5 amide bonds. The van der Waals surface area contributed by atoms with E-state index in [0.29, 0.717) is 105 Å². The van der Waals surface area contributed by atoms with Gasteiger partial charge in [-0.3, -0.25) is 9.59 Å². The van der Waals surface area contributed by atoms with Crippen molar-refractivity contribution in [1.82, 2.24) is 16.0 Å². The maximum atomic E-state index is 12.1. The van der Waals surface area contributed by atoms with Gasteiger partial charge in [0.15, 0.2) is 0 Å². The fourth-order valence-corrected chi connectivity index (χ4v) is 5.32. The van der Waals surface area contributed by atoms with Gasteiger partial charge in [-0.1, -0.05) is 54.6 Å². The summed E-state index contributed by atoms with van der Waals surface area (Å²) in [5, 5.41) is 13.5.